The van der Waals surface area contributed by atoms with E-state index in [1.807, 2.05) is 0 Å². The fraction of sp³-hybridized carbons (Fsp3) is 0. The fourth-order valence-corrected chi connectivity index (χ4v) is 4.98. The molecule has 0 spiro atoms. The van der Waals surface area contributed by atoms with Crippen molar-refractivity contribution >= 4 is 90.8 Å². The fourth-order valence-electron chi connectivity index (χ4n) is 3.23. The molecule has 2 heterocycles. The molecule has 0 fully saturated rings. The number of hydrogen-bond donors (Lipinski definition) is 6. The van der Waals surface area contributed by atoms with Crippen LogP contribution in [0.3, 0.4) is 0 Å². The van der Waals surface area contributed by atoms with E-state index in [4.69, 9.17) is 34.7 Å². The van der Waals surface area contributed by atoms with Crippen LogP contribution in [0.1, 0.15) is 14.0 Å². The molecule has 0 saturated heterocycles. The Kier molecular flexibility index (Phi) is 12.4. The van der Waals surface area contributed by atoms with Crippen LogP contribution in [0.15, 0.2) is 46.2 Å². The summed E-state index contributed by atoms with van der Waals surface area (Å²) in [5.41, 5.74) is 11.3. The molecule has 0 radical (unpaired) electrons. The van der Waals surface area contributed by atoms with E-state index in [1.54, 1.807) is 0 Å². The van der Waals surface area contributed by atoms with Crippen LogP contribution in [0.4, 0.5) is 35.2 Å². The number of aromatic nitrogens is 6. The van der Waals surface area contributed by atoms with Crippen molar-refractivity contribution in [1.29, 1.82) is 0 Å². The smallest absolute Gasteiger partial charge is 1.00 e. The molecule has 0 atom stereocenters. The normalized spacial score (nSPS) is 11.4. The Bertz CT molecular complexity index is 1720. The molecular weight excluding hydrogens is 657 g/mol. The molecule has 0 aliphatic carbocycles. The maximum absolute atomic E-state index is 12.1. The van der Waals surface area contributed by atoms with Crippen molar-refractivity contribution in [2.75, 3.05) is 22.1 Å². The van der Waals surface area contributed by atoms with Gasteiger partial charge in [0.2, 0.25) is 34.4 Å². The Morgan fingerprint density at radius 3 is 1.33 bits per heavy atom. The van der Waals surface area contributed by atoms with Gasteiger partial charge in [0.05, 0.1) is 0 Å². The molecule has 212 valence electrons. The van der Waals surface area contributed by atoms with Gasteiger partial charge in [-0.2, -0.15) is 46.7 Å². The molecule has 0 aliphatic heterocycles. The summed E-state index contributed by atoms with van der Waals surface area (Å²) in [4.78, 5) is 21.4. The summed E-state index contributed by atoms with van der Waals surface area (Å²) in [6.07, 6.45) is 2.43. The van der Waals surface area contributed by atoms with Crippen LogP contribution >= 0.6 is 23.2 Å². The summed E-state index contributed by atoms with van der Waals surface area (Å²) >= 11 is 11.5. The first-order chi connectivity index (χ1) is 18.7. The molecule has 16 nitrogen and oxygen atoms in total. The second-order valence-electron chi connectivity index (χ2n) is 7.61. The number of rotatable bonds is 8. The molecule has 0 aliphatic rings. The maximum atomic E-state index is 12.1. The first kappa shape index (κ1) is 36.0. The van der Waals surface area contributed by atoms with Gasteiger partial charge in [-0.25, -0.2) is 0 Å². The monoisotopic (exact) mass is 674 g/mol. The van der Waals surface area contributed by atoms with Crippen molar-refractivity contribution < 1.29 is 87.9 Å². The van der Waals surface area contributed by atoms with Gasteiger partial charge in [0.25, 0.3) is 20.2 Å². The van der Waals surface area contributed by atoms with Gasteiger partial charge in [-0.05, 0) is 58.6 Å². The van der Waals surface area contributed by atoms with Crippen LogP contribution in [-0.2, 0) is 20.2 Å². The van der Waals surface area contributed by atoms with Gasteiger partial charge in [-0.15, -0.1) is 0 Å². The average molecular weight is 675 g/mol. The van der Waals surface area contributed by atoms with E-state index in [1.165, 1.54) is 36.4 Å². The second-order valence-corrected chi connectivity index (χ2v) is 11.1. The largest absolute Gasteiger partial charge is 1.00 e. The third-order valence-corrected chi connectivity index (χ3v) is 6.95. The maximum Gasteiger partial charge on any atom is 1.00 e. The summed E-state index contributed by atoms with van der Waals surface area (Å²) in [5.74, 6) is -0.547. The number of nitrogen functional groups attached to an aromatic ring is 2. The van der Waals surface area contributed by atoms with Gasteiger partial charge >= 0.3 is 59.1 Å². The van der Waals surface area contributed by atoms with Gasteiger partial charge in [0.1, 0.15) is 9.79 Å². The molecular formula is C20H18Cl2N10Na2O6S2. The van der Waals surface area contributed by atoms with E-state index in [-0.39, 0.29) is 119 Å². The Labute approximate surface area is 295 Å². The molecule has 0 amide bonds. The Morgan fingerprint density at radius 2 is 1.02 bits per heavy atom. The zero-order valence-electron chi connectivity index (χ0n) is 23.6. The number of anilines is 6. The number of halogens is 2. The minimum absolute atomic E-state index is 0. The molecule has 42 heavy (non-hydrogen) atoms. The van der Waals surface area contributed by atoms with Gasteiger partial charge in [0, 0.05) is 11.4 Å². The molecule has 2 aromatic heterocycles. The number of benzene rings is 2. The Morgan fingerprint density at radius 1 is 0.667 bits per heavy atom. The quantitative estimate of drug-likeness (QED) is 0.0614. The Balaban J connectivity index is 0.00000462. The first-order valence-electron chi connectivity index (χ1n) is 10.5. The molecule has 4 aromatic rings. The van der Waals surface area contributed by atoms with E-state index >= 15 is 0 Å². The molecule has 0 saturated carbocycles. The number of nitrogens with one attached hydrogen (secondary N) is 2. The zero-order chi connectivity index (χ0) is 29.2. The van der Waals surface area contributed by atoms with Gasteiger partial charge in [0.15, 0.2) is 0 Å². The van der Waals surface area contributed by atoms with Crippen LogP contribution in [0.25, 0.3) is 12.2 Å². The van der Waals surface area contributed by atoms with E-state index in [0.29, 0.717) is 0 Å². The Hall–Kier alpha value is -2.20. The minimum Gasteiger partial charge on any atom is -1.00 e. The number of nitrogens with two attached hydrogens (primary N) is 2. The van der Waals surface area contributed by atoms with Gasteiger partial charge in [-0.3, -0.25) is 9.11 Å². The van der Waals surface area contributed by atoms with Crippen molar-refractivity contribution in [3.63, 3.8) is 0 Å². The van der Waals surface area contributed by atoms with Crippen molar-refractivity contribution in [1.82, 2.24) is 29.9 Å². The van der Waals surface area contributed by atoms with E-state index in [2.05, 4.69) is 40.5 Å². The molecule has 22 heteroatoms. The summed E-state index contributed by atoms with van der Waals surface area (Å²) < 4.78 is 68.0. The van der Waals surface area contributed by atoms with Crippen LogP contribution in [0.5, 0.6) is 0 Å². The third-order valence-electron chi connectivity index (χ3n) is 4.79. The van der Waals surface area contributed by atoms with Crippen LogP contribution < -0.4 is 81.2 Å². The SMILES string of the molecule is Nc1nc(Cl)nc(Nc2ccc(/C=C/c3ccc(Nc4nc(N)nc(Cl)n4)cc3S(=O)(=O)O)c(S(=O)(=O)O)c2)n1.[H-].[H-].[Na+].[Na+]. The summed E-state index contributed by atoms with van der Waals surface area (Å²) in [5, 5.41) is 4.96. The molecule has 4 rings (SSSR count). The van der Waals surface area contributed by atoms with E-state index in [0.717, 1.165) is 12.1 Å². The van der Waals surface area contributed by atoms with Gasteiger partial charge in [-0.1, -0.05) is 24.3 Å². The van der Waals surface area contributed by atoms with Crippen LogP contribution in [-0.4, -0.2) is 55.8 Å². The van der Waals surface area contributed by atoms with Crippen LogP contribution in [0.2, 0.25) is 10.6 Å². The second kappa shape index (κ2) is 14.5. The van der Waals surface area contributed by atoms with Crippen molar-refractivity contribution in [2.45, 2.75) is 9.79 Å². The molecule has 0 bridgehead atoms. The third kappa shape index (κ3) is 9.66. The first-order valence-corrected chi connectivity index (χ1v) is 14.1. The van der Waals surface area contributed by atoms with Crippen molar-refractivity contribution in [3.8, 4) is 0 Å². The number of nitrogens with zero attached hydrogens (tertiary/aromatic N) is 6. The van der Waals surface area contributed by atoms with Crippen LogP contribution in [0, 0.1) is 0 Å². The summed E-state index contributed by atoms with van der Waals surface area (Å²) in [6.45, 7) is 0. The summed E-state index contributed by atoms with van der Waals surface area (Å²) in [7, 11) is -9.54. The van der Waals surface area contributed by atoms with E-state index < -0.39 is 30.0 Å². The summed E-state index contributed by atoms with van der Waals surface area (Å²) in [6, 6.07) is 7.61. The topological polar surface area (TPSA) is 262 Å². The molecule has 0 unspecified atom stereocenters. The number of hydrogen-bond acceptors (Lipinski definition) is 14. The van der Waals surface area contributed by atoms with Crippen molar-refractivity contribution in [3.05, 3.63) is 58.1 Å². The predicted octanol–water partition coefficient (Wildman–Crippen LogP) is -3.09. The van der Waals surface area contributed by atoms with Crippen molar-refractivity contribution in [2.24, 2.45) is 0 Å². The zero-order valence-corrected chi connectivity index (χ0v) is 28.7. The van der Waals surface area contributed by atoms with Gasteiger partial charge < -0.3 is 25.0 Å². The molecule has 2 aromatic carbocycles. The minimum atomic E-state index is -4.77. The standard InChI is InChI=1S/C20H16Cl2N10O6S2.2Na.2H/c21-15-27-17(23)31-19(29-15)25-11-5-3-9(13(7-11)39(33,34)35)1-2-10-4-6-12(8-14(10)40(36,37)38)26-20-30-16(22)28-18(24)32-20;;;;/h1-8H,(H,33,34,35)(H,36,37,38)(H3,23,25,27,29,31)(H3,24,26,28,30,32);;;;/q;2*+1;2*-1/b2-1+;;;;. The van der Waals surface area contributed by atoms with E-state index in [9.17, 15) is 25.9 Å². The predicted molar refractivity (Wildman–Crippen MR) is 149 cm³/mol. The average Bonchev–Trinajstić information content (AvgIpc) is 2.81. The molecule has 8 N–H and O–H groups in total.